The molecule has 0 aliphatic carbocycles. The van der Waals surface area contributed by atoms with Crippen molar-refractivity contribution in [3.8, 4) is 0 Å². The molecule has 1 aromatic carbocycles. The van der Waals surface area contributed by atoms with Crippen LogP contribution in [0.2, 0.25) is 0 Å². The van der Waals surface area contributed by atoms with Crippen LogP contribution in [0.1, 0.15) is 32.6 Å². The van der Waals surface area contributed by atoms with E-state index >= 15 is 0 Å². The molecule has 0 fully saturated rings. The molecular weight excluding hydrogens is 224 g/mol. The minimum absolute atomic E-state index is 0. The molecule has 0 saturated carbocycles. The van der Waals surface area contributed by atoms with Crippen LogP contribution >= 0.6 is 12.4 Å². The van der Waals surface area contributed by atoms with Gasteiger partial charge in [0.2, 0.25) is 5.91 Å². The first kappa shape index (κ1) is 14.8. The van der Waals surface area contributed by atoms with Crippen LogP contribution in [0.4, 0.5) is 11.4 Å². The largest absolute Gasteiger partial charge is 0.397 e. The van der Waals surface area contributed by atoms with Crippen molar-refractivity contribution in [2.24, 2.45) is 0 Å². The number of anilines is 2. The number of benzene rings is 1. The van der Waals surface area contributed by atoms with E-state index in [2.05, 4.69) is 12.2 Å². The van der Waals surface area contributed by atoms with Crippen molar-refractivity contribution in [1.29, 1.82) is 0 Å². The number of para-hydroxylation sites is 2. The molecule has 0 radical (unpaired) electrons. The molecule has 4 heteroatoms. The molecule has 90 valence electrons. The summed E-state index contributed by atoms with van der Waals surface area (Å²) in [6, 6.07) is 7.30. The Morgan fingerprint density at radius 3 is 2.62 bits per heavy atom. The fourth-order valence-electron chi connectivity index (χ4n) is 1.36. The van der Waals surface area contributed by atoms with Gasteiger partial charge in [0.1, 0.15) is 0 Å². The van der Waals surface area contributed by atoms with Crippen LogP contribution in [0.3, 0.4) is 0 Å². The molecule has 0 bridgehead atoms. The number of amides is 1. The van der Waals surface area contributed by atoms with Gasteiger partial charge in [0.15, 0.2) is 0 Å². The van der Waals surface area contributed by atoms with E-state index in [1.807, 2.05) is 18.2 Å². The van der Waals surface area contributed by atoms with E-state index in [1.54, 1.807) is 6.07 Å². The number of nitrogens with one attached hydrogen (secondary N) is 1. The number of nitrogens with two attached hydrogens (primary N) is 1. The zero-order valence-corrected chi connectivity index (χ0v) is 10.3. The number of rotatable bonds is 5. The van der Waals surface area contributed by atoms with E-state index in [-0.39, 0.29) is 18.3 Å². The summed E-state index contributed by atoms with van der Waals surface area (Å²) in [5.74, 6) is 0.0429. The van der Waals surface area contributed by atoms with Crippen molar-refractivity contribution < 1.29 is 4.79 Å². The molecule has 0 heterocycles. The van der Waals surface area contributed by atoms with Gasteiger partial charge in [-0.2, -0.15) is 0 Å². The van der Waals surface area contributed by atoms with Gasteiger partial charge in [-0.25, -0.2) is 0 Å². The standard InChI is InChI=1S/C12H18N2O.ClH/c1-2-3-4-9-12(15)14-11-8-6-5-7-10(11)13;/h5-8H,2-4,9,13H2,1H3,(H,14,15);1H. The summed E-state index contributed by atoms with van der Waals surface area (Å²) in [5.41, 5.74) is 7.03. The summed E-state index contributed by atoms with van der Waals surface area (Å²) in [6.45, 7) is 2.12. The van der Waals surface area contributed by atoms with Gasteiger partial charge in [-0.15, -0.1) is 12.4 Å². The van der Waals surface area contributed by atoms with Gasteiger partial charge in [-0.05, 0) is 18.6 Å². The third-order valence-corrected chi connectivity index (χ3v) is 2.24. The Labute approximate surface area is 103 Å². The van der Waals surface area contributed by atoms with Crippen LogP contribution in [0, 0.1) is 0 Å². The zero-order chi connectivity index (χ0) is 11.1. The second-order valence-electron chi connectivity index (χ2n) is 3.59. The molecule has 3 nitrogen and oxygen atoms in total. The number of hydrogen-bond donors (Lipinski definition) is 2. The quantitative estimate of drug-likeness (QED) is 0.615. The Morgan fingerprint density at radius 1 is 1.31 bits per heavy atom. The van der Waals surface area contributed by atoms with Gasteiger partial charge in [-0.1, -0.05) is 31.9 Å². The van der Waals surface area contributed by atoms with Crippen LogP contribution in [-0.2, 0) is 4.79 Å². The van der Waals surface area contributed by atoms with Crippen molar-refractivity contribution in [3.05, 3.63) is 24.3 Å². The summed E-state index contributed by atoms with van der Waals surface area (Å²) < 4.78 is 0. The maximum Gasteiger partial charge on any atom is 0.224 e. The van der Waals surface area contributed by atoms with E-state index in [0.29, 0.717) is 17.8 Å². The lowest BCUT2D eigenvalue weighted by atomic mass is 10.2. The molecule has 0 spiro atoms. The molecule has 16 heavy (non-hydrogen) atoms. The lowest BCUT2D eigenvalue weighted by Gasteiger charge is -2.07. The highest BCUT2D eigenvalue weighted by Gasteiger charge is 2.03. The normalized spacial score (nSPS) is 9.31. The molecule has 0 aromatic heterocycles. The van der Waals surface area contributed by atoms with Crippen LogP contribution in [0.5, 0.6) is 0 Å². The average Bonchev–Trinajstić information content (AvgIpc) is 2.22. The molecule has 0 atom stereocenters. The fourth-order valence-corrected chi connectivity index (χ4v) is 1.36. The van der Waals surface area contributed by atoms with Crippen LogP contribution in [0.25, 0.3) is 0 Å². The lowest BCUT2D eigenvalue weighted by Crippen LogP contribution is -2.12. The Bertz CT molecular complexity index is 329. The highest BCUT2D eigenvalue weighted by molar-refractivity contribution is 5.93. The molecule has 3 N–H and O–H groups in total. The van der Waals surface area contributed by atoms with Crippen molar-refractivity contribution in [2.45, 2.75) is 32.6 Å². The molecule has 0 saturated heterocycles. The Morgan fingerprint density at radius 2 is 2.00 bits per heavy atom. The van der Waals surface area contributed by atoms with E-state index in [1.165, 1.54) is 0 Å². The molecule has 1 aromatic rings. The highest BCUT2D eigenvalue weighted by Crippen LogP contribution is 2.17. The number of unbranched alkanes of at least 4 members (excludes halogenated alkanes) is 2. The monoisotopic (exact) mass is 242 g/mol. The van der Waals surface area contributed by atoms with Crippen molar-refractivity contribution in [2.75, 3.05) is 11.1 Å². The first-order valence-corrected chi connectivity index (χ1v) is 5.38. The second kappa shape index (κ2) is 7.99. The summed E-state index contributed by atoms with van der Waals surface area (Å²) in [7, 11) is 0. The van der Waals surface area contributed by atoms with Gasteiger partial charge < -0.3 is 11.1 Å². The summed E-state index contributed by atoms with van der Waals surface area (Å²) in [4.78, 5) is 11.5. The number of carbonyl (C=O) groups excluding carboxylic acids is 1. The maximum absolute atomic E-state index is 11.5. The summed E-state index contributed by atoms with van der Waals surface area (Å²) >= 11 is 0. The van der Waals surface area contributed by atoms with Gasteiger partial charge >= 0.3 is 0 Å². The predicted molar refractivity (Wildman–Crippen MR) is 70.9 cm³/mol. The molecule has 1 rings (SSSR count). The predicted octanol–water partition coefficient (Wildman–Crippen LogP) is 3.21. The van der Waals surface area contributed by atoms with E-state index < -0.39 is 0 Å². The van der Waals surface area contributed by atoms with E-state index in [9.17, 15) is 4.79 Å². The first-order chi connectivity index (χ1) is 7.24. The van der Waals surface area contributed by atoms with Crippen molar-refractivity contribution in [3.63, 3.8) is 0 Å². The number of nitrogen functional groups attached to an aromatic ring is 1. The number of hydrogen-bond acceptors (Lipinski definition) is 2. The maximum atomic E-state index is 11.5. The third-order valence-electron chi connectivity index (χ3n) is 2.24. The lowest BCUT2D eigenvalue weighted by molar-refractivity contribution is -0.116. The van der Waals surface area contributed by atoms with Gasteiger partial charge in [-0.3, -0.25) is 4.79 Å². The minimum atomic E-state index is 0. The number of carbonyl (C=O) groups is 1. The zero-order valence-electron chi connectivity index (χ0n) is 9.53. The Hall–Kier alpha value is -1.22. The smallest absolute Gasteiger partial charge is 0.224 e. The van der Waals surface area contributed by atoms with Gasteiger partial charge in [0.25, 0.3) is 0 Å². The minimum Gasteiger partial charge on any atom is -0.397 e. The van der Waals surface area contributed by atoms with Gasteiger partial charge in [0, 0.05) is 6.42 Å². The SMILES string of the molecule is CCCCCC(=O)Nc1ccccc1N.Cl. The second-order valence-corrected chi connectivity index (χ2v) is 3.59. The molecule has 1 amide bonds. The van der Waals surface area contributed by atoms with E-state index in [4.69, 9.17) is 5.73 Å². The van der Waals surface area contributed by atoms with Crippen LogP contribution in [0.15, 0.2) is 24.3 Å². The molecule has 0 aliphatic heterocycles. The molecule has 0 unspecified atom stereocenters. The Balaban J connectivity index is 0.00000225. The van der Waals surface area contributed by atoms with Gasteiger partial charge in [0.05, 0.1) is 11.4 Å². The summed E-state index contributed by atoms with van der Waals surface area (Å²) in [6.07, 6.45) is 3.73. The third kappa shape index (κ3) is 5.03. The average molecular weight is 243 g/mol. The summed E-state index contributed by atoms with van der Waals surface area (Å²) in [5, 5.41) is 2.81. The van der Waals surface area contributed by atoms with Crippen molar-refractivity contribution >= 4 is 29.7 Å². The van der Waals surface area contributed by atoms with E-state index in [0.717, 1.165) is 19.3 Å². The van der Waals surface area contributed by atoms with Crippen LogP contribution < -0.4 is 11.1 Å². The molecular formula is C12H19ClN2O. The molecule has 0 aliphatic rings. The van der Waals surface area contributed by atoms with Crippen molar-refractivity contribution in [1.82, 2.24) is 0 Å². The van der Waals surface area contributed by atoms with Crippen LogP contribution in [-0.4, -0.2) is 5.91 Å². The Kier molecular flexibility index (Phi) is 7.38. The first-order valence-electron chi connectivity index (χ1n) is 5.38. The topological polar surface area (TPSA) is 55.1 Å². The highest BCUT2D eigenvalue weighted by atomic mass is 35.5. The fraction of sp³-hybridized carbons (Fsp3) is 0.417. The number of halogens is 1.